The van der Waals surface area contributed by atoms with Gasteiger partial charge in [-0.25, -0.2) is 4.39 Å². The number of alkyl halides is 1. The molecule has 0 bridgehead atoms. The molecular weight excluding hydrogens is 476 g/mol. The number of phenolic OH excluding ortho intramolecular Hbond substituents is 2. The summed E-state index contributed by atoms with van der Waals surface area (Å²) in [4.78, 5) is 2.26. The Morgan fingerprint density at radius 1 is 1.08 bits per heavy atom. The van der Waals surface area contributed by atoms with Gasteiger partial charge in [-0.3, -0.25) is 9.29 Å². The summed E-state index contributed by atoms with van der Waals surface area (Å²) in [5.41, 5.74) is 3.75. The Kier molecular flexibility index (Phi) is 7.07. The molecule has 0 amide bonds. The highest BCUT2D eigenvalue weighted by Gasteiger charge is 2.30. The molecule has 1 unspecified atom stereocenters. The van der Waals surface area contributed by atoms with Crippen molar-refractivity contribution in [3.8, 4) is 23.0 Å². The van der Waals surface area contributed by atoms with E-state index < -0.39 is 17.7 Å². The normalized spacial score (nSPS) is 20.4. The molecule has 2 aliphatic rings. The second kappa shape index (κ2) is 10.4. The smallest absolute Gasteiger partial charge is 0.165 e. The minimum atomic E-state index is -0.716. The van der Waals surface area contributed by atoms with Crippen molar-refractivity contribution in [2.45, 2.75) is 32.4 Å². The molecule has 0 radical (unpaired) electrons. The van der Waals surface area contributed by atoms with Gasteiger partial charge in [0.1, 0.15) is 30.0 Å². The van der Waals surface area contributed by atoms with Gasteiger partial charge >= 0.3 is 0 Å². The summed E-state index contributed by atoms with van der Waals surface area (Å²) in [5.74, 6) is 0.441. The fourth-order valence-corrected chi connectivity index (χ4v) is 5.17. The number of halogens is 2. The number of aromatic hydroxyl groups is 2. The standard InChI is InChI=1S/C30H31F2NO4/c1-18(33-12-11-20(15-31)16-33)17-36-24-7-3-21(4-8-24)30-29(22-5-9-27(35)26(32)13-22)19(2)25-14-23(34)6-10-28(25)37-30/h3-10,13-14,18,20,30,34-35H,11-12,15-17H2,1-2H3/t18-,20-,30?/m0/s1. The van der Waals surface area contributed by atoms with Crippen LogP contribution in [0.5, 0.6) is 23.0 Å². The van der Waals surface area contributed by atoms with Crippen molar-refractivity contribution in [2.24, 2.45) is 5.92 Å². The molecule has 1 fully saturated rings. The Labute approximate surface area is 215 Å². The molecule has 5 rings (SSSR count). The quantitative estimate of drug-likeness (QED) is 0.390. The molecule has 5 nitrogen and oxygen atoms in total. The first-order valence-corrected chi connectivity index (χ1v) is 12.6. The molecule has 0 saturated carbocycles. The van der Waals surface area contributed by atoms with Gasteiger partial charge in [0.25, 0.3) is 0 Å². The zero-order valence-corrected chi connectivity index (χ0v) is 21.0. The summed E-state index contributed by atoms with van der Waals surface area (Å²) >= 11 is 0. The molecule has 1 saturated heterocycles. The van der Waals surface area contributed by atoms with E-state index in [1.54, 1.807) is 24.3 Å². The van der Waals surface area contributed by atoms with Crippen molar-refractivity contribution >= 4 is 11.1 Å². The maximum Gasteiger partial charge on any atom is 0.165 e. The molecule has 0 aliphatic carbocycles. The lowest BCUT2D eigenvalue weighted by atomic mass is 9.86. The lowest BCUT2D eigenvalue weighted by Crippen LogP contribution is -2.35. The van der Waals surface area contributed by atoms with Crippen LogP contribution in [0.1, 0.15) is 43.1 Å². The van der Waals surface area contributed by atoms with Crippen LogP contribution in [0.25, 0.3) is 11.1 Å². The van der Waals surface area contributed by atoms with Gasteiger partial charge < -0.3 is 19.7 Å². The van der Waals surface area contributed by atoms with Crippen molar-refractivity contribution in [1.82, 2.24) is 4.90 Å². The zero-order chi connectivity index (χ0) is 26.1. The number of phenols is 2. The van der Waals surface area contributed by atoms with Gasteiger partial charge in [0.2, 0.25) is 0 Å². The van der Waals surface area contributed by atoms with Crippen LogP contribution in [0.15, 0.2) is 60.7 Å². The van der Waals surface area contributed by atoms with Gasteiger partial charge in [0.05, 0.1) is 6.67 Å². The Morgan fingerprint density at radius 2 is 1.86 bits per heavy atom. The molecule has 3 aromatic carbocycles. The lowest BCUT2D eigenvalue weighted by Gasteiger charge is -2.31. The first-order chi connectivity index (χ1) is 17.8. The largest absolute Gasteiger partial charge is 0.508 e. The molecule has 0 aromatic heterocycles. The van der Waals surface area contributed by atoms with E-state index in [1.165, 1.54) is 12.1 Å². The van der Waals surface area contributed by atoms with E-state index in [0.717, 1.165) is 47.5 Å². The Hall–Kier alpha value is -3.58. The number of likely N-dealkylation sites (tertiary alicyclic amines) is 1. The number of ether oxygens (including phenoxy) is 2. The number of rotatable bonds is 7. The third kappa shape index (κ3) is 5.14. The monoisotopic (exact) mass is 507 g/mol. The number of hydrogen-bond donors (Lipinski definition) is 2. The van der Waals surface area contributed by atoms with Gasteiger partial charge in [0.15, 0.2) is 11.6 Å². The summed E-state index contributed by atoms with van der Waals surface area (Å²) in [6.07, 6.45) is 0.357. The van der Waals surface area contributed by atoms with E-state index in [9.17, 15) is 19.0 Å². The number of hydrogen-bond acceptors (Lipinski definition) is 5. The summed E-state index contributed by atoms with van der Waals surface area (Å²) in [6.45, 7) is 5.90. The molecule has 7 heteroatoms. The molecule has 2 heterocycles. The maximum absolute atomic E-state index is 14.3. The first kappa shape index (κ1) is 25.1. The SMILES string of the molecule is CC1=C(c2ccc(O)c(F)c2)C(c2ccc(OC[C@H](C)N3CC[C@@H](CF)C3)cc2)Oc2ccc(O)cc21. The van der Waals surface area contributed by atoms with Crippen LogP contribution in [0.4, 0.5) is 8.78 Å². The lowest BCUT2D eigenvalue weighted by molar-refractivity contribution is 0.165. The molecule has 3 aromatic rings. The third-order valence-corrected chi connectivity index (χ3v) is 7.37. The molecule has 37 heavy (non-hydrogen) atoms. The summed E-state index contributed by atoms with van der Waals surface area (Å²) in [5, 5.41) is 19.7. The Morgan fingerprint density at radius 3 is 2.57 bits per heavy atom. The fraction of sp³-hybridized carbons (Fsp3) is 0.333. The second-order valence-corrected chi connectivity index (χ2v) is 9.92. The van der Waals surface area contributed by atoms with Crippen LogP contribution in [0.3, 0.4) is 0 Å². The highest BCUT2D eigenvalue weighted by atomic mass is 19.1. The van der Waals surface area contributed by atoms with Gasteiger partial charge in [0, 0.05) is 29.6 Å². The van der Waals surface area contributed by atoms with Crippen LogP contribution in [-0.4, -0.2) is 47.5 Å². The van der Waals surface area contributed by atoms with Crippen LogP contribution >= 0.6 is 0 Å². The topological polar surface area (TPSA) is 62.2 Å². The van der Waals surface area contributed by atoms with Gasteiger partial charge in [-0.1, -0.05) is 18.2 Å². The predicted molar refractivity (Wildman–Crippen MR) is 139 cm³/mol. The Bertz CT molecular complexity index is 1310. The van der Waals surface area contributed by atoms with E-state index in [4.69, 9.17) is 9.47 Å². The average molecular weight is 508 g/mol. The highest BCUT2D eigenvalue weighted by Crippen LogP contribution is 2.47. The van der Waals surface area contributed by atoms with Crippen molar-refractivity contribution in [3.05, 3.63) is 83.2 Å². The molecule has 2 N–H and O–H groups in total. The van der Waals surface area contributed by atoms with Crippen molar-refractivity contribution in [3.63, 3.8) is 0 Å². The third-order valence-electron chi connectivity index (χ3n) is 7.37. The van der Waals surface area contributed by atoms with Crippen LogP contribution < -0.4 is 9.47 Å². The van der Waals surface area contributed by atoms with E-state index in [2.05, 4.69) is 11.8 Å². The second-order valence-electron chi connectivity index (χ2n) is 9.92. The number of fused-ring (bicyclic) bond motifs is 1. The van der Waals surface area contributed by atoms with Gasteiger partial charge in [-0.2, -0.15) is 0 Å². The fourth-order valence-electron chi connectivity index (χ4n) is 5.17. The van der Waals surface area contributed by atoms with Crippen LogP contribution in [-0.2, 0) is 0 Å². The average Bonchev–Trinajstić information content (AvgIpc) is 3.39. The van der Waals surface area contributed by atoms with E-state index >= 15 is 0 Å². The summed E-state index contributed by atoms with van der Waals surface area (Å²) in [6, 6.07) is 17.0. The van der Waals surface area contributed by atoms with E-state index in [0.29, 0.717) is 17.9 Å². The number of nitrogens with zero attached hydrogens (tertiary/aromatic N) is 1. The first-order valence-electron chi connectivity index (χ1n) is 12.6. The molecule has 2 aliphatic heterocycles. The minimum Gasteiger partial charge on any atom is -0.508 e. The highest BCUT2D eigenvalue weighted by molar-refractivity contribution is 5.95. The molecular formula is C30H31F2NO4. The van der Waals surface area contributed by atoms with Gasteiger partial charge in [-0.15, -0.1) is 0 Å². The summed E-state index contributed by atoms with van der Waals surface area (Å²) in [7, 11) is 0. The van der Waals surface area contributed by atoms with Crippen molar-refractivity contribution in [1.29, 1.82) is 0 Å². The Balaban J connectivity index is 1.39. The maximum atomic E-state index is 14.3. The molecule has 0 spiro atoms. The number of allylic oxidation sites excluding steroid dienone is 1. The van der Waals surface area contributed by atoms with Crippen molar-refractivity contribution < 1.29 is 28.5 Å². The van der Waals surface area contributed by atoms with Crippen LogP contribution in [0.2, 0.25) is 0 Å². The van der Waals surface area contributed by atoms with E-state index in [-0.39, 0.29) is 24.4 Å². The van der Waals surface area contributed by atoms with Gasteiger partial charge in [-0.05, 0) is 86.0 Å². The summed E-state index contributed by atoms with van der Waals surface area (Å²) < 4.78 is 39.7. The predicted octanol–water partition coefficient (Wildman–Crippen LogP) is 6.36. The number of benzene rings is 3. The zero-order valence-electron chi connectivity index (χ0n) is 21.0. The van der Waals surface area contributed by atoms with E-state index in [1.807, 2.05) is 31.2 Å². The molecule has 3 atom stereocenters. The minimum absolute atomic E-state index is 0.112. The van der Waals surface area contributed by atoms with Crippen LogP contribution in [0, 0.1) is 11.7 Å². The molecule has 194 valence electrons. The van der Waals surface area contributed by atoms with Crippen molar-refractivity contribution in [2.75, 3.05) is 26.4 Å².